The van der Waals surface area contributed by atoms with Gasteiger partial charge in [0.05, 0.1) is 0 Å². The lowest BCUT2D eigenvalue weighted by Crippen LogP contribution is -1.92. The molecule has 0 saturated heterocycles. The Kier molecular flexibility index (Phi) is 4.60. The fourth-order valence-electron chi connectivity index (χ4n) is 1.82. The summed E-state index contributed by atoms with van der Waals surface area (Å²) in [5.74, 6) is 1.70. The van der Waals surface area contributed by atoms with Crippen LogP contribution in [-0.4, -0.2) is 0 Å². The number of hydrogen-bond donors (Lipinski definition) is 0. The van der Waals surface area contributed by atoms with Crippen LogP contribution in [0.25, 0.3) is 11.0 Å². The lowest BCUT2D eigenvalue weighted by molar-refractivity contribution is 0.578. The molecule has 88 valence electrons. The highest BCUT2D eigenvalue weighted by Gasteiger charge is 2.02. The van der Waals surface area contributed by atoms with Crippen LogP contribution in [0.5, 0.6) is 0 Å². The van der Waals surface area contributed by atoms with Gasteiger partial charge in [-0.05, 0) is 43.0 Å². The Morgan fingerprint density at radius 2 is 1.81 bits per heavy atom. The van der Waals surface area contributed by atoms with E-state index in [1.807, 2.05) is 20.8 Å². The molecule has 0 saturated carbocycles. The summed E-state index contributed by atoms with van der Waals surface area (Å²) in [6.45, 7) is 10.5. The second-order valence-corrected chi connectivity index (χ2v) is 4.33. The van der Waals surface area contributed by atoms with E-state index in [2.05, 4.69) is 38.1 Å². The van der Waals surface area contributed by atoms with Crippen molar-refractivity contribution in [2.45, 2.75) is 41.0 Å². The fraction of sp³-hybridized carbons (Fsp3) is 0.467. The van der Waals surface area contributed by atoms with E-state index in [-0.39, 0.29) is 0 Å². The molecule has 0 bridgehead atoms. The van der Waals surface area contributed by atoms with Crippen molar-refractivity contribution in [3.8, 4) is 0 Å². The van der Waals surface area contributed by atoms with Crippen molar-refractivity contribution in [2.24, 2.45) is 5.92 Å². The Morgan fingerprint density at radius 3 is 2.44 bits per heavy atom. The quantitative estimate of drug-likeness (QED) is 0.694. The Morgan fingerprint density at radius 1 is 1.12 bits per heavy atom. The van der Waals surface area contributed by atoms with Gasteiger partial charge in [-0.2, -0.15) is 0 Å². The van der Waals surface area contributed by atoms with Crippen LogP contribution in [0, 0.1) is 12.8 Å². The molecular formula is C15H22O. The fourth-order valence-corrected chi connectivity index (χ4v) is 1.82. The third-order valence-corrected chi connectivity index (χ3v) is 2.35. The molecule has 1 aromatic heterocycles. The van der Waals surface area contributed by atoms with Crippen LogP contribution in [0.2, 0.25) is 0 Å². The summed E-state index contributed by atoms with van der Waals surface area (Å²) in [7, 11) is 0. The minimum Gasteiger partial charge on any atom is -0.461 e. The van der Waals surface area contributed by atoms with E-state index in [0.717, 1.165) is 17.8 Å². The standard InChI is InChI=1S/C13H16O.C2H6/c1-9(2)6-11-4-5-13-12(8-11)7-10(3)14-13;1-2/h4-5,7-9H,6H2,1-3H3;1-2H3. The second kappa shape index (κ2) is 5.74. The summed E-state index contributed by atoms with van der Waals surface area (Å²) in [5.41, 5.74) is 2.39. The monoisotopic (exact) mass is 218 g/mol. The Hall–Kier alpha value is -1.24. The number of hydrogen-bond acceptors (Lipinski definition) is 1. The van der Waals surface area contributed by atoms with Gasteiger partial charge in [0.2, 0.25) is 0 Å². The van der Waals surface area contributed by atoms with Crippen molar-refractivity contribution >= 4 is 11.0 Å². The Labute approximate surface area is 98.5 Å². The van der Waals surface area contributed by atoms with E-state index >= 15 is 0 Å². The molecule has 1 heterocycles. The summed E-state index contributed by atoms with van der Waals surface area (Å²) in [4.78, 5) is 0. The van der Waals surface area contributed by atoms with E-state index in [9.17, 15) is 0 Å². The number of aryl methyl sites for hydroxylation is 1. The van der Waals surface area contributed by atoms with E-state index in [4.69, 9.17) is 4.42 Å². The summed E-state index contributed by atoms with van der Waals surface area (Å²) >= 11 is 0. The normalized spacial score (nSPS) is 10.4. The first-order chi connectivity index (χ1) is 7.65. The molecule has 0 atom stereocenters. The second-order valence-electron chi connectivity index (χ2n) is 4.33. The largest absolute Gasteiger partial charge is 0.461 e. The van der Waals surface area contributed by atoms with Gasteiger partial charge in [0.1, 0.15) is 11.3 Å². The van der Waals surface area contributed by atoms with E-state index < -0.39 is 0 Å². The zero-order valence-electron chi connectivity index (χ0n) is 11.0. The van der Waals surface area contributed by atoms with E-state index in [0.29, 0.717) is 5.92 Å². The van der Waals surface area contributed by atoms with Crippen LogP contribution in [0.3, 0.4) is 0 Å². The van der Waals surface area contributed by atoms with Gasteiger partial charge in [0, 0.05) is 5.39 Å². The molecule has 0 aliphatic rings. The van der Waals surface area contributed by atoms with Crippen molar-refractivity contribution in [1.29, 1.82) is 0 Å². The van der Waals surface area contributed by atoms with Crippen LogP contribution in [0.1, 0.15) is 39.0 Å². The van der Waals surface area contributed by atoms with Crippen LogP contribution in [0.4, 0.5) is 0 Å². The molecule has 0 aliphatic carbocycles. The van der Waals surface area contributed by atoms with E-state index in [1.165, 1.54) is 10.9 Å². The maximum atomic E-state index is 5.53. The summed E-state index contributed by atoms with van der Waals surface area (Å²) in [6, 6.07) is 8.55. The average Bonchev–Trinajstić information content (AvgIpc) is 2.59. The first-order valence-electron chi connectivity index (χ1n) is 6.14. The lowest BCUT2D eigenvalue weighted by atomic mass is 10.0. The Balaban J connectivity index is 0.000000606. The predicted molar refractivity (Wildman–Crippen MR) is 70.8 cm³/mol. The molecule has 0 fully saturated rings. The predicted octanol–water partition coefficient (Wildman–Crippen LogP) is 4.97. The zero-order chi connectivity index (χ0) is 12.1. The number of benzene rings is 1. The maximum Gasteiger partial charge on any atom is 0.134 e. The first-order valence-corrected chi connectivity index (χ1v) is 6.14. The molecule has 1 nitrogen and oxygen atoms in total. The third kappa shape index (κ3) is 3.13. The molecule has 0 N–H and O–H groups in total. The molecule has 16 heavy (non-hydrogen) atoms. The number of rotatable bonds is 2. The minimum absolute atomic E-state index is 0.709. The van der Waals surface area contributed by atoms with E-state index in [1.54, 1.807) is 0 Å². The van der Waals surface area contributed by atoms with Gasteiger partial charge < -0.3 is 4.42 Å². The molecule has 1 aromatic carbocycles. The Bertz CT molecular complexity index is 438. The summed E-state index contributed by atoms with van der Waals surface area (Å²) in [6.07, 6.45) is 1.14. The molecule has 2 aromatic rings. The summed E-state index contributed by atoms with van der Waals surface area (Å²) < 4.78 is 5.53. The molecule has 0 aliphatic heterocycles. The lowest BCUT2D eigenvalue weighted by Gasteiger charge is -2.03. The van der Waals surface area contributed by atoms with Crippen molar-refractivity contribution < 1.29 is 4.42 Å². The number of fused-ring (bicyclic) bond motifs is 1. The van der Waals surface area contributed by atoms with Crippen LogP contribution in [0.15, 0.2) is 28.7 Å². The van der Waals surface area contributed by atoms with Gasteiger partial charge in [-0.1, -0.05) is 33.8 Å². The van der Waals surface area contributed by atoms with Gasteiger partial charge in [0.15, 0.2) is 0 Å². The van der Waals surface area contributed by atoms with Gasteiger partial charge in [-0.15, -0.1) is 0 Å². The van der Waals surface area contributed by atoms with Gasteiger partial charge >= 0.3 is 0 Å². The van der Waals surface area contributed by atoms with Gasteiger partial charge in [0.25, 0.3) is 0 Å². The molecule has 0 radical (unpaired) electrons. The van der Waals surface area contributed by atoms with Crippen molar-refractivity contribution in [2.75, 3.05) is 0 Å². The molecule has 0 amide bonds. The number of furan rings is 1. The third-order valence-electron chi connectivity index (χ3n) is 2.35. The van der Waals surface area contributed by atoms with Crippen molar-refractivity contribution in [1.82, 2.24) is 0 Å². The highest BCUT2D eigenvalue weighted by Crippen LogP contribution is 2.21. The van der Waals surface area contributed by atoms with Crippen LogP contribution in [-0.2, 0) is 6.42 Å². The highest BCUT2D eigenvalue weighted by molar-refractivity contribution is 5.78. The molecule has 0 unspecified atom stereocenters. The highest BCUT2D eigenvalue weighted by atomic mass is 16.3. The minimum atomic E-state index is 0.709. The smallest absolute Gasteiger partial charge is 0.134 e. The molecular weight excluding hydrogens is 196 g/mol. The molecule has 0 spiro atoms. The first kappa shape index (κ1) is 12.8. The summed E-state index contributed by atoms with van der Waals surface area (Å²) in [5, 5.41) is 1.22. The van der Waals surface area contributed by atoms with Gasteiger partial charge in [-0.25, -0.2) is 0 Å². The van der Waals surface area contributed by atoms with Crippen molar-refractivity contribution in [3.05, 3.63) is 35.6 Å². The zero-order valence-corrected chi connectivity index (χ0v) is 11.0. The van der Waals surface area contributed by atoms with Crippen molar-refractivity contribution in [3.63, 3.8) is 0 Å². The molecule has 2 rings (SSSR count). The maximum absolute atomic E-state index is 5.53. The van der Waals surface area contributed by atoms with Crippen LogP contribution >= 0.6 is 0 Å². The van der Waals surface area contributed by atoms with Gasteiger partial charge in [-0.3, -0.25) is 0 Å². The molecule has 1 heteroatoms. The SMILES string of the molecule is CC.Cc1cc2cc(CC(C)C)ccc2o1. The topological polar surface area (TPSA) is 13.1 Å². The average molecular weight is 218 g/mol. The van der Waals surface area contributed by atoms with Crippen LogP contribution < -0.4 is 0 Å².